The van der Waals surface area contributed by atoms with E-state index in [4.69, 9.17) is 28.8 Å². The maximum Gasteiger partial charge on any atom is 0.338 e. The van der Waals surface area contributed by atoms with Gasteiger partial charge in [0.1, 0.15) is 36.6 Å². The first-order valence-electron chi connectivity index (χ1n) is 18.6. The molecular formula is C41H50N2O11. The second kappa shape index (κ2) is 16.8. The van der Waals surface area contributed by atoms with Crippen LogP contribution in [0.2, 0.25) is 0 Å². The Morgan fingerprint density at radius 2 is 1.76 bits per heavy atom. The quantitative estimate of drug-likeness (QED) is 0.156. The molecule has 0 saturated carbocycles. The number of carbonyl (C=O) groups is 4. The fourth-order valence-corrected chi connectivity index (χ4v) is 7.49. The van der Waals surface area contributed by atoms with Crippen molar-refractivity contribution in [3.8, 4) is 0 Å². The van der Waals surface area contributed by atoms with Crippen molar-refractivity contribution in [2.24, 2.45) is 0 Å². The number of rotatable bonds is 13. The summed E-state index contributed by atoms with van der Waals surface area (Å²) in [6.07, 6.45) is 5.03. The Morgan fingerprint density at radius 3 is 2.43 bits per heavy atom. The van der Waals surface area contributed by atoms with Gasteiger partial charge in [0.15, 0.2) is 5.79 Å². The maximum absolute atomic E-state index is 14.3. The van der Waals surface area contributed by atoms with Crippen LogP contribution < -0.4 is 5.32 Å². The van der Waals surface area contributed by atoms with Gasteiger partial charge in [0.05, 0.1) is 31.1 Å². The molecule has 5 atom stereocenters. The molecule has 2 aromatic rings. The summed E-state index contributed by atoms with van der Waals surface area (Å²) in [5, 5.41) is 21.7. The van der Waals surface area contributed by atoms with Gasteiger partial charge in [-0.3, -0.25) is 14.4 Å². The van der Waals surface area contributed by atoms with Gasteiger partial charge in [-0.15, -0.1) is 0 Å². The lowest BCUT2D eigenvalue weighted by Crippen LogP contribution is -2.51. The largest absolute Gasteiger partial charge is 0.499 e. The van der Waals surface area contributed by atoms with E-state index in [-0.39, 0.29) is 45.0 Å². The molecule has 290 valence electrons. The Balaban J connectivity index is 1.16. The van der Waals surface area contributed by atoms with Crippen molar-refractivity contribution in [3.05, 3.63) is 88.7 Å². The lowest BCUT2D eigenvalue weighted by molar-refractivity contribution is -0.172. The summed E-state index contributed by atoms with van der Waals surface area (Å²) in [6.45, 7) is 5.35. The molecule has 0 bridgehead atoms. The second-order valence-electron chi connectivity index (χ2n) is 15.2. The van der Waals surface area contributed by atoms with E-state index in [1.807, 2.05) is 24.3 Å². The number of hydrogen-bond acceptors (Lipinski definition) is 11. The van der Waals surface area contributed by atoms with Crippen LogP contribution in [-0.2, 0) is 50.9 Å². The second-order valence-corrected chi connectivity index (χ2v) is 15.2. The molecule has 5 unspecified atom stereocenters. The molecule has 1 spiro atoms. The van der Waals surface area contributed by atoms with Gasteiger partial charge in [0, 0.05) is 37.8 Å². The van der Waals surface area contributed by atoms with Gasteiger partial charge >= 0.3 is 11.9 Å². The van der Waals surface area contributed by atoms with Gasteiger partial charge in [0.25, 0.3) is 0 Å². The van der Waals surface area contributed by atoms with Crippen molar-refractivity contribution in [2.75, 3.05) is 26.4 Å². The van der Waals surface area contributed by atoms with E-state index in [0.717, 1.165) is 16.7 Å². The van der Waals surface area contributed by atoms with Crippen LogP contribution in [0, 0.1) is 0 Å². The molecular weight excluding hydrogens is 696 g/mol. The summed E-state index contributed by atoms with van der Waals surface area (Å²) in [7, 11) is 0. The van der Waals surface area contributed by atoms with E-state index in [1.165, 1.54) is 11.2 Å². The topological polar surface area (TPSA) is 170 Å². The predicted octanol–water partition coefficient (Wildman–Crippen LogP) is 3.39. The summed E-state index contributed by atoms with van der Waals surface area (Å²) in [6, 6.07) is 13.3. The third kappa shape index (κ3) is 9.38. The van der Waals surface area contributed by atoms with Crippen LogP contribution in [-0.4, -0.2) is 107 Å². The van der Waals surface area contributed by atoms with Gasteiger partial charge in [-0.05, 0) is 81.0 Å². The van der Waals surface area contributed by atoms with Gasteiger partial charge in [-0.2, -0.15) is 0 Å². The highest BCUT2D eigenvalue weighted by molar-refractivity contribution is 5.98. The van der Waals surface area contributed by atoms with Crippen LogP contribution in [0.25, 0.3) is 6.08 Å². The summed E-state index contributed by atoms with van der Waals surface area (Å²) in [4.78, 5) is 55.1. The highest BCUT2D eigenvalue weighted by Crippen LogP contribution is 2.45. The zero-order chi connectivity index (χ0) is 38.5. The van der Waals surface area contributed by atoms with Crippen LogP contribution >= 0.6 is 0 Å². The molecule has 4 aliphatic rings. The third-order valence-electron chi connectivity index (χ3n) is 9.96. The normalized spacial score (nSPS) is 23.4. The molecule has 2 aliphatic heterocycles. The Hall–Kier alpha value is -4.56. The van der Waals surface area contributed by atoms with Gasteiger partial charge in [-0.25, -0.2) is 4.79 Å². The summed E-state index contributed by atoms with van der Waals surface area (Å²) in [5.74, 6) is -2.76. The fourth-order valence-electron chi connectivity index (χ4n) is 7.49. The summed E-state index contributed by atoms with van der Waals surface area (Å²) < 4.78 is 29.9. The van der Waals surface area contributed by atoms with Crippen molar-refractivity contribution >= 4 is 29.8 Å². The molecule has 13 heteroatoms. The smallest absolute Gasteiger partial charge is 0.338 e. The van der Waals surface area contributed by atoms with Crippen LogP contribution in [0.4, 0.5) is 0 Å². The zero-order valence-corrected chi connectivity index (χ0v) is 31.0. The van der Waals surface area contributed by atoms with E-state index >= 15 is 0 Å². The SMILES string of the molecule is CC(C)(C)OC(=O)CCC(CO)NC(=O)C1CCCN1C(=O)C1=CC2OC3(Cc4ccccc4C3)OC2C(OC(=O)c2ccc(C=COCCO)cc2)C1. The number of carbonyl (C=O) groups excluding carboxylic acids is 4. The molecule has 3 N–H and O–H groups in total. The molecule has 2 saturated heterocycles. The fraction of sp³-hybridized carbons (Fsp3) is 0.512. The summed E-state index contributed by atoms with van der Waals surface area (Å²) >= 11 is 0. The number of ether oxygens (including phenoxy) is 5. The van der Waals surface area contributed by atoms with Crippen LogP contribution in [0.15, 0.2) is 66.4 Å². The minimum Gasteiger partial charge on any atom is -0.499 e. The highest BCUT2D eigenvalue weighted by atomic mass is 16.8. The number of aliphatic hydroxyl groups excluding tert-OH is 2. The standard InChI is InChI=1S/C41H50N2O11/c1-40(2,3)53-35(46)15-14-31(25-45)42-37(47)32-9-6-17-43(32)38(48)30-21-33(51-39(49)27-12-10-26(11-13-27)16-19-50-20-18-44)36-34(22-30)52-41(54-36)23-28-7-4-5-8-29(28)24-41/h4-5,7-8,10-13,16,19,22,31-34,36,44-45H,6,9,14-15,17-18,20-21,23-25H2,1-3H3,(H,42,47). The Bertz CT molecular complexity index is 1720. The average molecular weight is 747 g/mol. The van der Waals surface area contributed by atoms with Crippen molar-refractivity contribution in [1.82, 2.24) is 10.2 Å². The van der Waals surface area contributed by atoms with E-state index in [2.05, 4.69) is 5.32 Å². The van der Waals surface area contributed by atoms with Crippen molar-refractivity contribution in [1.29, 1.82) is 0 Å². The minimum atomic E-state index is -0.973. The minimum absolute atomic E-state index is 0.0157. The molecule has 2 amide bonds. The number of aliphatic hydroxyl groups is 2. The lowest BCUT2D eigenvalue weighted by atomic mass is 9.91. The van der Waals surface area contributed by atoms with Crippen LogP contribution in [0.1, 0.15) is 79.9 Å². The van der Waals surface area contributed by atoms with E-state index in [9.17, 15) is 24.3 Å². The molecule has 2 heterocycles. The number of likely N-dealkylation sites (tertiary alicyclic amines) is 1. The van der Waals surface area contributed by atoms with Crippen LogP contribution in [0.5, 0.6) is 0 Å². The number of esters is 2. The molecule has 0 radical (unpaired) electrons. The Kier molecular flexibility index (Phi) is 12.2. The van der Waals surface area contributed by atoms with E-state index in [1.54, 1.807) is 57.2 Å². The third-order valence-corrected chi connectivity index (χ3v) is 9.96. The number of nitrogens with one attached hydrogen (secondary N) is 1. The van der Waals surface area contributed by atoms with Gasteiger partial charge < -0.3 is 44.1 Å². The van der Waals surface area contributed by atoms with Crippen molar-refractivity contribution in [2.45, 2.75) is 108 Å². The molecule has 2 fully saturated rings. The molecule has 54 heavy (non-hydrogen) atoms. The zero-order valence-electron chi connectivity index (χ0n) is 31.0. The molecule has 2 aliphatic carbocycles. The number of hydrogen-bond donors (Lipinski definition) is 3. The maximum atomic E-state index is 14.3. The lowest BCUT2D eigenvalue weighted by Gasteiger charge is -2.33. The number of amides is 2. The first-order valence-corrected chi connectivity index (χ1v) is 18.6. The monoisotopic (exact) mass is 746 g/mol. The molecule has 0 aromatic heterocycles. The number of nitrogens with zero attached hydrogens (tertiary/aromatic N) is 1. The molecule has 2 aromatic carbocycles. The highest BCUT2D eigenvalue weighted by Gasteiger charge is 2.55. The van der Waals surface area contributed by atoms with E-state index < -0.39 is 59.6 Å². The first kappa shape index (κ1) is 39.1. The number of fused-ring (bicyclic) bond motifs is 2. The van der Waals surface area contributed by atoms with Crippen molar-refractivity contribution < 1.29 is 53.1 Å². The number of benzene rings is 2. The molecule has 6 rings (SSSR count). The Labute approximate surface area is 315 Å². The first-order chi connectivity index (χ1) is 25.9. The summed E-state index contributed by atoms with van der Waals surface area (Å²) in [5.41, 5.74) is 3.02. The average Bonchev–Trinajstić information content (AvgIpc) is 3.87. The van der Waals surface area contributed by atoms with Crippen molar-refractivity contribution in [3.63, 3.8) is 0 Å². The predicted molar refractivity (Wildman–Crippen MR) is 196 cm³/mol. The molecule has 13 nitrogen and oxygen atoms in total. The van der Waals surface area contributed by atoms with Gasteiger partial charge in [0.2, 0.25) is 11.8 Å². The van der Waals surface area contributed by atoms with E-state index in [0.29, 0.717) is 43.4 Å². The Morgan fingerprint density at radius 1 is 1.04 bits per heavy atom. The van der Waals surface area contributed by atoms with Gasteiger partial charge in [-0.1, -0.05) is 36.4 Å². The van der Waals surface area contributed by atoms with Crippen LogP contribution in [0.3, 0.4) is 0 Å².